The second kappa shape index (κ2) is 6.17. The van der Waals surface area contributed by atoms with Gasteiger partial charge in [-0.3, -0.25) is 4.79 Å². The molecule has 5 heteroatoms. The molecule has 0 aliphatic rings. The van der Waals surface area contributed by atoms with Crippen LogP contribution in [0.5, 0.6) is 0 Å². The molecular formula is C14H15ClN2OS. The minimum atomic E-state index is -0.0444. The van der Waals surface area contributed by atoms with E-state index in [9.17, 15) is 4.79 Å². The van der Waals surface area contributed by atoms with E-state index in [1.54, 1.807) is 0 Å². The predicted molar refractivity (Wildman–Crippen MR) is 79.9 cm³/mol. The summed E-state index contributed by atoms with van der Waals surface area (Å²) in [6, 6.07) is 7.47. The molecule has 0 aliphatic carbocycles. The third-order valence-corrected chi connectivity index (χ3v) is 4.09. The molecule has 0 saturated heterocycles. The summed E-state index contributed by atoms with van der Waals surface area (Å²) in [6.45, 7) is 4.57. The first kappa shape index (κ1) is 14.0. The van der Waals surface area contributed by atoms with E-state index in [1.807, 2.05) is 38.1 Å². The number of benzene rings is 1. The lowest BCUT2D eigenvalue weighted by Crippen LogP contribution is -2.23. The van der Waals surface area contributed by atoms with Gasteiger partial charge in [0, 0.05) is 17.1 Å². The van der Waals surface area contributed by atoms with Crippen molar-refractivity contribution in [1.29, 1.82) is 0 Å². The molecule has 2 aromatic rings. The van der Waals surface area contributed by atoms with E-state index in [2.05, 4.69) is 10.3 Å². The van der Waals surface area contributed by atoms with Gasteiger partial charge in [0.1, 0.15) is 9.88 Å². The molecule has 0 bridgehead atoms. The minimum Gasteiger partial charge on any atom is -0.351 e. The highest BCUT2D eigenvalue weighted by molar-refractivity contribution is 7.17. The van der Waals surface area contributed by atoms with Crippen LogP contribution in [0.25, 0.3) is 10.6 Å². The van der Waals surface area contributed by atoms with Crippen molar-refractivity contribution >= 4 is 28.8 Å². The zero-order chi connectivity index (χ0) is 13.8. The van der Waals surface area contributed by atoms with Crippen molar-refractivity contribution in [1.82, 2.24) is 10.3 Å². The number of carbonyl (C=O) groups is 1. The van der Waals surface area contributed by atoms with Crippen LogP contribution >= 0.6 is 22.9 Å². The van der Waals surface area contributed by atoms with Gasteiger partial charge in [-0.05, 0) is 25.5 Å². The molecule has 1 N–H and O–H groups in total. The van der Waals surface area contributed by atoms with Crippen molar-refractivity contribution in [2.24, 2.45) is 0 Å². The van der Waals surface area contributed by atoms with Gasteiger partial charge in [-0.15, -0.1) is 11.3 Å². The van der Waals surface area contributed by atoms with E-state index < -0.39 is 0 Å². The zero-order valence-corrected chi connectivity index (χ0v) is 12.4. The Morgan fingerprint density at radius 3 is 2.68 bits per heavy atom. The second-order valence-corrected chi connectivity index (χ2v) is 5.63. The fraction of sp³-hybridized carbons (Fsp3) is 0.286. The molecule has 2 rings (SSSR count). The lowest BCUT2D eigenvalue weighted by Gasteiger charge is -2.00. The van der Waals surface area contributed by atoms with Gasteiger partial charge in [-0.25, -0.2) is 4.98 Å². The molecule has 0 aliphatic heterocycles. The Hall–Kier alpha value is -1.39. The summed E-state index contributed by atoms with van der Waals surface area (Å²) in [5, 5.41) is 4.41. The van der Waals surface area contributed by atoms with Crippen LogP contribution in [0, 0.1) is 6.92 Å². The molecule has 100 valence electrons. The lowest BCUT2D eigenvalue weighted by molar-refractivity contribution is 0.0957. The van der Waals surface area contributed by atoms with Crippen LogP contribution in [0.4, 0.5) is 0 Å². The van der Waals surface area contributed by atoms with Crippen molar-refractivity contribution in [3.63, 3.8) is 0 Å². The van der Waals surface area contributed by atoms with Crippen LogP contribution in [0.15, 0.2) is 24.3 Å². The Bertz CT molecular complexity index is 578. The summed E-state index contributed by atoms with van der Waals surface area (Å²) < 4.78 is 0. The predicted octanol–water partition coefficient (Wildman–Crippen LogP) is 3.91. The number of nitrogens with one attached hydrogen (secondary N) is 1. The standard InChI is InChI=1S/C14H15ClN2OS/c1-3-8-16-13(18)12-9(2)17-14(19-12)10-4-6-11(15)7-5-10/h4-7H,3,8H2,1-2H3,(H,16,18). The van der Waals surface area contributed by atoms with Gasteiger partial charge >= 0.3 is 0 Å². The van der Waals surface area contributed by atoms with Crippen molar-refractivity contribution in [2.45, 2.75) is 20.3 Å². The summed E-state index contributed by atoms with van der Waals surface area (Å²) in [4.78, 5) is 17.1. The summed E-state index contributed by atoms with van der Waals surface area (Å²) in [7, 11) is 0. The van der Waals surface area contributed by atoms with Crippen molar-refractivity contribution in [2.75, 3.05) is 6.54 Å². The number of aromatic nitrogens is 1. The van der Waals surface area contributed by atoms with Gasteiger partial charge in [0.05, 0.1) is 5.69 Å². The first-order valence-electron chi connectivity index (χ1n) is 6.13. The van der Waals surface area contributed by atoms with Crippen LogP contribution < -0.4 is 5.32 Å². The maximum Gasteiger partial charge on any atom is 0.263 e. The topological polar surface area (TPSA) is 42.0 Å². The minimum absolute atomic E-state index is 0.0444. The van der Waals surface area contributed by atoms with Crippen LogP contribution in [-0.2, 0) is 0 Å². The van der Waals surface area contributed by atoms with E-state index in [0.717, 1.165) is 22.7 Å². The van der Waals surface area contributed by atoms with Crippen LogP contribution in [0.3, 0.4) is 0 Å². The Morgan fingerprint density at radius 1 is 1.37 bits per heavy atom. The van der Waals surface area contributed by atoms with Gasteiger partial charge < -0.3 is 5.32 Å². The average molecular weight is 295 g/mol. The van der Waals surface area contributed by atoms with Gasteiger partial charge in [0.15, 0.2) is 0 Å². The number of hydrogen-bond acceptors (Lipinski definition) is 3. The first-order chi connectivity index (χ1) is 9.11. The third kappa shape index (κ3) is 3.33. The Balaban J connectivity index is 2.25. The average Bonchev–Trinajstić information content (AvgIpc) is 2.79. The fourth-order valence-corrected chi connectivity index (χ4v) is 2.76. The van der Waals surface area contributed by atoms with Crippen molar-refractivity contribution < 1.29 is 4.79 Å². The number of thiazole rings is 1. The van der Waals surface area contributed by atoms with E-state index >= 15 is 0 Å². The maximum absolute atomic E-state index is 12.0. The molecule has 3 nitrogen and oxygen atoms in total. The second-order valence-electron chi connectivity index (χ2n) is 4.20. The number of hydrogen-bond donors (Lipinski definition) is 1. The zero-order valence-electron chi connectivity index (χ0n) is 10.9. The monoisotopic (exact) mass is 294 g/mol. The summed E-state index contributed by atoms with van der Waals surface area (Å²) >= 11 is 7.27. The molecule has 0 spiro atoms. The van der Waals surface area contributed by atoms with Gasteiger partial charge in [-0.1, -0.05) is 30.7 Å². The number of amides is 1. The maximum atomic E-state index is 12.0. The SMILES string of the molecule is CCCNC(=O)c1sc(-c2ccc(Cl)cc2)nc1C. The molecule has 0 atom stereocenters. The Labute approximate surface area is 121 Å². The largest absolute Gasteiger partial charge is 0.351 e. The molecular weight excluding hydrogens is 280 g/mol. The fourth-order valence-electron chi connectivity index (χ4n) is 1.64. The highest BCUT2D eigenvalue weighted by Gasteiger charge is 2.15. The van der Waals surface area contributed by atoms with Crippen LogP contribution in [0.1, 0.15) is 28.7 Å². The van der Waals surface area contributed by atoms with E-state index in [4.69, 9.17) is 11.6 Å². The summed E-state index contributed by atoms with van der Waals surface area (Å²) in [6.07, 6.45) is 0.924. The van der Waals surface area contributed by atoms with Gasteiger partial charge in [-0.2, -0.15) is 0 Å². The molecule has 1 amide bonds. The van der Waals surface area contributed by atoms with Crippen molar-refractivity contribution in [3.8, 4) is 10.6 Å². The van der Waals surface area contributed by atoms with Crippen LogP contribution in [-0.4, -0.2) is 17.4 Å². The molecule has 0 fully saturated rings. The highest BCUT2D eigenvalue weighted by Crippen LogP contribution is 2.28. The molecule has 0 radical (unpaired) electrons. The normalized spacial score (nSPS) is 10.5. The Kier molecular flexibility index (Phi) is 4.56. The van der Waals surface area contributed by atoms with E-state index in [1.165, 1.54) is 11.3 Å². The van der Waals surface area contributed by atoms with Gasteiger partial charge in [0.2, 0.25) is 0 Å². The van der Waals surface area contributed by atoms with Gasteiger partial charge in [0.25, 0.3) is 5.91 Å². The molecule has 1 aromatic heterocycles. The molecule has 0 saturated carbocycles. The molecule has 1 aromatic carbocycles. The first-order valence-corrected chi connectivity index (χ1v) is 7.33. The van der Waals surface area contributed by atoms with E-state index in [0.29, 0.717) is 16.4 Å². The quantitative estimate of drug-likeness (QED) is 0.929. The summed E-state index contributed by atoms with van der Waals surface area (Å²) in [5.41, 5.74) is 1.75. The molecule has 1 heterocycles. The number of nitrogens with zero attached hydrogens (tertiary/aromatic N) is 1. The number of aryl methyl sites for hydroxylation is 1. The summed E-state index contributed by atoms with van der Waals surface area (Å²) in [5.74, 6) is -0.0444. The number of rotatable bonds is 4. The number of halogens is 1. The smallest absolute Gasteiger partial charge is 0.263 e. The Morgan fingerprint density at radius 2 is 2.05 bits per heavy atom. The third-order valence-electron chi connectivity index (χ3n) is 2.63. The lowest BCUT2D eigenvalue weighted by atomic mass is 10.2. The molecule has 0 unspecified atom stereocenters. The molecule has 19 heavy (non-hydrogen) atoms. The number of carbonyl (C=O) groups excluding carboxylic acids is 1. The highest BCUT2D eigenvalue weighted by atomic mass is 35.5. The van der Waals surface area contributed by atoms with E-state index in [-0.39, 0.29) is 5.91 Å². The van der Waals surface area contributed by atoms with Crippen molar-refractivity contribution in [3.05, 3.63) is 39.9 Å². The van der Waals surface area contributed by atoms with Crippen LogP contribution in [0.2, 0.25) is 5.02 Å².